The molecular weight excluding hydrogens is 460 g/mol. The van der Waals surface area contributed by atoms with E-state index in [-0.39, 0.29) is 23.4 Å². The van der Waals surface area contributed by atoms with Gasteiger partial charge in [-0.1, -0.05) is 24.3 Å². The number of phenolic OH excluding ortho intramolecular Hbond substituents is 1. The predicted octanol–water partition coefficient (Wildman–Crippen LogP) is 5.07. The van der Waals surface area contributed by atoms with Crippen molar-refractivity contribution in [1.82, 2.24) is 14.9 Å². The Morgan fingerprint density at radius 3 is 2.51 bits per heavy atom. The lowest BCUT2D eigenvalue weighted by atomic mass is 9.96. The molecule has 1 aliphatic rings. The molecule has 1 fully saturated rings. The summed E-state index contributed by atoms with van der Waals surface area (Å²) in [6.45, 7) is 4.00. The number of anilines is 1. The first-order valence-corrected chi connectivity index (χ1v) is 11.6. The van der Waals surface area contributed by atoms with Gasteiger partial charge in [-0.05, 0) is 80.2 Å². The zero-order valence-electron chi connectivity index (χ0n) is 19.2. The summed E-state index contributed by atoms with van der Waals surface area (Å²) in [6, 6.07) is 21.3. The molecule has 0 unspecified atom stereocenters. The van der Waals surface area contributed by atoms with Crippen LogP contribution in [-0.4, -0.2) is 30.8 Å². The van der Waals surface area contributed by atoms with Crippen LogP contribution in [0.3, 0.4) is 0 Å². The van der Waals surface area contributed by atoms with Gasteiger partial charge in [-0.25, -0.2) is 4.79 Å². The number of carboxylic acid groups (broad SMARTS) is 1. The van der Waals surface area contributed by atoms with E-state index >= 15 is 0 Å². The van der Waals surface area contributed by atoms with Crippen LogP contribution in [0.15, 0.2) is 79.0 Å². The maximum Gasteiger partial charge on any atom is 0.335 e. The topological polar surface area (TPSA) is 90.6 Å². The molecule has 0 bridgehead atoms. The maximum absolute atomic E-state index is 11.6. The van der Waals surface area contributed by atoms with Crippen molar-refractivity contribution in [1.29, 1.82) is 0 Å². The van der Waals surface area contributed by atoms with E-state index in [0.717, 1.165) is 28.3 Å². The smallest absolute Gasteiger partial charge is 0.335 e. The van der Waals surface area contributed by atoms with Crippen LogP contribution in [0.2, 0.25) is 0 Å². The third kappa shape index (κ3) is 3.91. The summed E-state index contributed by atoms with van der Waals surface area (Å²) in [5, 5.41) is 24.1. The highest BCUT2D eigenvalue weighted by Crippen LogP contribution is 2.45. The number of hydrogen-bond acceptors (Lipinski definition) is 4. The molecule has 2 atom stereocenters. The van der Waals surface area contributed by atoms with Gasteiger partial charge in [0, 0.05) is 23.3 Å². The second kappa shape index (κ2) is 8.88. The molecule has 0 aliphatic carbocycles. The van der Waals surface area contributed by atoms with E-state index in [1.54, 1.807) is 36.5 Å². The second-order valence-electron chi connectivity index (χ2n) is 8.50. The third-order valence-corrected chi connectivity index (χ3v) is 6.69. The summed E-state index contributed by atoms with van der Waals surface area (Å²) in [7, 11) is 0. The van der Waals surface area contributed by atoms with Gasteiger partial charge in [-0.15, -0.1) is 0 Å². The fourth-order valence-electron chi connectivity index (χ4n) is 4.86. The fraction of sp³-hybridized carbons (Fsp3) is 0.148. The van der Waals surface area contributed by atoms with Gasteiger partial charge in [-0.3, -0.25) is 4.98 Å². The van der Waals surface area contributed by atoms with Crippen molar-refractivity contribution in [2.75, 3.05) is 4.90 Å². The fourth-order valence-corrected chi connectivity index (χ4v) is 5.20. The summed E-state index contributed by atoms with van der Waals surface area (Å²) in [6.07, 6.45) is 1.75. The SMILES string of the molecule is Cc1cc([C@@H]2[C@@H](c3ccccn3)NC(=S)N2c2ccccc2O)c(C)n1-c1cccc(C(=O)O)c1. The molecule has 1 saturated heterocycles. The molecular formula is C27H24N4O3S. The Morgan fingerprint density at radius 2 is 1.80 bits per heavy atom. The van der Waals surface area contributed by atoms with Gasteiger partial charge in [0.15, 0.2) is 5.11 Å². The molecule has 176 valence electrons. The molecule has 35 heavy (non-hydrogen) atoms. The second-order valence-corrected chi connectivity index (χ2v) is 8.89. The summed E-state index contributed by atoms with van der Waals surface area (Å²) >= 11 is 5.76. The average molecular weight is 485 g/mol. The van der Waals surface area contributed by atoms with E-state index in [1.165, 1.54) is 0 Å². The normalized spacial score (nSPS) is 17.4. The molecule has 0 radical (unpaired) electrons. The van der Waals surface area contributed by atoms with Gasteiger partial charge in [0.2, 0.25) is 0 Å². The van der Waals surface area contributed by atoms with Crippen molar-refractivity contribution in [2.24, 2.45) is 0 Å². The number of carboxylic acids is 1. The van der Waals surface area contributed by atoms with Gasteiger partial charge in [0.05, 0.1) is 29.0 Å². The van der Waals surface area contributed by atoms with Crippen molar-refractivity contribution >= 4 is 29.0 Å². The quantitative estimate of drug-likeness (QED) is 0.341. The Bertz CT molecular complexity index is 1430. The number of nitrogens with zero attached hydrogens (tertiary/aromatic N) is 3. The number of phenols is 1. The van der Waals surface area contributed by atoms with Crippen molar-refractivity contribution in [3.05, 3.63) is 107 Å². The first-order chi connectivity index (χ1) is 16.9. The van der Waals surface area contributed by atoms with Crippen LogP contribution >= 0.6 is 12.2 Å². The zero-order chi connectivity index (χ0) is 24.7. The molecule has 0 amide bonds. The summed E-state index contributed by atoms with van der Waals surface area (Å²) in [4.78, 5) is 18.1. The van der Waals surface area contributed by atoms with Crippen LogP contribution < -0.4 is 10.2 Å². The molecule has 1 aliphatic heterocycles. The number of rotatable bonds is 5. The van der Waals surface area contributed by atoms with E-state index in [1.807, 2.05) is 59.7 Å². The summed E-state index contributed by atoms with van der Waals surface area (Å²) in [5.74, 6) is -0.841. The van der Waals surface area contributed by atoms with Crippen molar-refractivity contribution in [3.63, 3.8) is 0 Å². The highest BCUT2D eigenvalue weighted by Gasteiger charge is 2.43. The van der Waals surface area contributed by atoms with Crippen LogP contribution in [-0.2, 0) is 0 Å². The number of aromatic carboxylic acids is 1. The number of carbonyl (C=O) groups is 1. The Balaban J connectivity index is 1.69. The van der Waals surface area contributed by atoms with E-state index in [2.05, 4.69) is 16.4 Å². The molecule has 2 aromatic heterocycles. The van der Waals surface area contributed by atoms with Crippen LogP contribution in [0.1, 0.15) is 45.1 Å². The highest BCUT2D eigenvalue weighted by molar-refractivity contribution is 7.80. The molecule has 7 nitrogen and oxygen atoms in total. The lowest BCUT2D eigenvalue weighted by Gasteiger charge is -2.28. The largest absolute Gasteiger partial charge is 0.506 e. The monoisotopic (exact) mass is 484 g/mol. The van der Waals surface area contributed by atoms with Gasteiger partial charge < -0.3 is 25.0 Å². The third-order valence-electron chi connectivity index (χ3n) is 6.38. The Labute approximate surface area is 208 Å². The Morgan fingerprint density at radius 1 is 1.03 bits per heavy atom. The van der Waals surface area contributed by atoms with Gasteiger partial charge >= 0.3 is 5.97 Å². The first-order valence-electron chi connectivity index (χ1n) is 11.2. The van der Waals surface area contributed by atoms with Gasteiger partial charge in [-0.2, -0.15) is 0 Å². The Hall–Kier alpha value is -4.17. The summed E-state index contributed by atoms with van der Waals surface area (Å²) < 4.78 is 2.04. The number of pyridine rings is 1. The number of aryl methyl sites for hydroxylation is 1. The number of benzene rings is 2. The van der Waals surface area contributed by atoms with Crippen LogP contribution in [0.25, 0.3) is 5.69 Å². The van der Waals surface area contributed by atoms with Crippen LogP contribution in [0.4, 0.5) is 5.69 Å². The van der Waals surface area contributed by atoms with Crippen molar-refractivity contribution < 1.29 is 15.0 Å². The number of para-hydroxylation sites is 2. The molecule has 8 heteroatoms. The standard InChI is InChI=1S/C27H24N4O3S/c1-16-14-20(17(2)30(16)19-9-7-8-18(15-19)26(33)34)25-24(21-10-5-6-13-28-21)29-27(35)31(25)22-11-3-4-12-23(22)32/h3-15,24-25,32H,1-2H3,(H,29,35)(H,33,34)/t24-,25-/m1/s1. The van der Waals surface area contributed by atoms with Crippen molar-refractivity contribution in [2.45, 2.75) is 25.9 Å². The van der Waals surface area contributed by atoms with E-state index in [4.69, 9.17) is 12.2 Å². The highest BCUT2D eigenvalue weighted by atomic mass is 32.1. The lowest BCUT2D eigenvalue weighted by molar-refractivity contribution is 0.0697. The molecule has 3 N–H and O–H groups in total. The Kier molecular flexibility index (Phi) is 5.74. The number of thiocarbonyl (C=S) groups is 1. The molecule has 2 aromatic carbocycles. The average Bonchev–Trinajstić information content (AvgIpc) is 3.35. The molecule has 3 heterocycles. The summed E-state index contributed by atoms with van der Waals surface area (Å²) in [5.41, 5.74) is 5.32. The number of aromatic hydroxyl groups is 1. The minimum absolute atomic E-state index is 0.131. The molecule has 0 spiro atoms. The number of aromatic nitrogens is 2. The van der Waals surface area contributed by atoms with Gasteiger partial charge in [0.1, 0.15) is 5.75 Å². The van der Waals surface area contributed by atoms with E-state index < -0.39 is 5.97 Å². The van der Waals surface area contributed by atoms with Crippen LogP contribution in [0, 0.1) is 13.8 Å². The predicted molar refractivity (Wildman–Crippen MR) is 138 cm³/mol. The minimum atomic E-state index is -0.971. The van der Waals surface area contributed by atoms with E-state index in [0.29, 0.717) is 10.8 Å². The first kappa shape index (κ1) is 22.6. The van der Waals surface area contributed by atoms with Crippen LogP contribution in [0.5, 0.6) is 5.75 Å². The lowest BCUT2D eigenvalue weighted by Crippen LogP contribution is -2.29. The number of hydrogen-bond donors (Lipinski definition) is 3. The minimum Gasteiger partial charge on any atom is -0.506 e. The molecule has 0 saturated carbocycles. The number of nitrogens with one attached hydrogen (secondary N) is 1. The zero-order valence-corrected chi connectivity index (χ0v) is 20.0. The van der Waals surface area contributed by atoms with E-state index in [9.17, 15) is 15.0 Å². The molecule has 5 rings (SSSR count). The van der Waals surface area contributed by atoms with Gasteiger partial charge in [0.25, 0.3) is 0 Å². The molecule has 4 aromatic rings. The maximum atomic E-state index is 11.6. The van der Waals surface area contributed by atoms with Crippen molar-refractivity contribution in [3.8, 4) is 11.4 Å².